The number of nitrogens with zero attached hydrogens (tertiary/aromatic N) is 1. The predicted octanol–water partition coefficient (Wildman–Crippen LogP) is 5.62. The second-order valence-electron chi connectivity index (χ2n) is 7.08. The van der Waals surface area contributed by atoms with E-state index in [1.807, 2.05) is 41.3 Å². The molecule has 0 bridgehead atoms. The van der Waals surface area contributed by atoms with E-state index in [1.165, 1.54) is 24.6 Å². The number of benzene rings is 2. The predicted molar refractivity (Wildman–Crippen MR) is 122 cm³/mol. The van der Waals surface area contributed by atoms with E-state index in [-0.39, 0.29) is 11.9 Å². The van der Waals surface area contributed by atoms with Crippen LogP contribution in [0.5, 0.6) is 0 Å². The number of likely N-dealkylation sites (tertiary alicyclic amines) is 1. The minimum absolute atomic E-state index is 0.0545. The summed E-state index contributed by atoms with van der Waals surface area (Å²) in [6.07, 6.45) is 4.51. The Kier molecular flexibility index (Phi) is 8.25. The third-order valence-corrected chi connectivity index (χ3v) is 5.94. The van der Waals surface area contributed by atoms with Crippen LogP contribution in [0.25, 0.3) is 0 Å². The molecule has 3 amide bonds. The quantitative estimate of drug-likeness (QED) is 0.623. The van der Waals surface area contributed by atoms with Crippen molar-refractivity contribution in [1.29, 1.82) is 0 Å². The van der Waals surface area contributed by atoms with E-state index in [2.05, 4.69) is 10.6 Å². The standard InChI is InChI=1S/C22H26ClN3O2S/c23-18-7-5-6-17(14-18)15-29-16-21(27)24-19-8-10-20(11-9-19)25-22(28)26-12-3-1-2-4-13-26/h5-11,14H,1-4,12-13,15-16H2,(H,24,27)(H,25,28). The highest BCUT2D eigenvalue weighted by atomic mass is 35.5. The van der Waals surface area contributed by atoms with Crippen molar-refractivity contribution < 1.29 is 9.59 Å². The monoisotopic (exact) mass is 431 g/mol. The maximum absolute atomic E-state index is 12.4. The van der Waals surface area contributed by atoms with Gasteiger partial charge in [0.2, 0.25) is 5.91 Å². The molecule has 154 valence electrons. The first-order valence-corrected chi connectivity index (χ1v) is 11.4. The topological polar surface area (TPSA) is 61.4 Å². The molecule has 0 atom stereocenters. The van der Waals surface area contributed by atoms with Crippen LogP contribution in [0.4, 0.5) is 16.2 Å². The molecule has 1 saturated heterocycles. The molecule has 1 fully saturated rings. The summed E-state index contributed by atoms with van der Waals surface area (Å²) in [6, 6.07) is 14.8. The molecule has 2 aromatic rings. The molecule has 2 aromatic carbocycles. The smallest absolute Gasteiger partial charge is 0.321 e. The third-order valence-electron chi connectivity index (χ3n) is 4.70. The fourth-order valence-electron chi connectivity index (χ4n) is 3.20. The molecule has 1 aliphatic heterocycles. The number of hydrogen-bond acceptors (Lipinski definition) is 3. The van der Waals surface area contributed by atoms with E-state index in [0.717, 1.165) is 42.9 Å². The lowest BCUT2D eigenvalue weighted by atomic mass is 10.2. The van der Waals surface area contributed by atoms with Crippen molar-refractivity contribution in [3.63, 3.8) is 0 Å². The number of urea groups is 1. The van der Waals surface area contributed by atoms with Crippen LogP contribution in [0.1, 0.15) is 31.2 Å². The van der Waals surface area contributed by atoms with Crippen LogP contribution >= 0.6 is 23.4 Å². The summed E-state index contributed by atoms with van der Waals surface area (Å²) >= 11 is 7.51. The van der Waals surface area contributed by atoms with Gasteiger partial charge < -0.3 is 15.5 Å². The number of nitrogens with one attached hydrogen (secondary N) is 2. The van der Waals surface area contributed by atoms with E-state index in [0.29, 0.717) is 16.5 Å². The van der Waals surface area contributed by atoms with Gasteiger partial charge in [-0.15, -0.1) is 11.8 Å². The lowest BCUT2D eigenvalue weighted by Gasteiger charge is -2.20. The number of amides is 3. The number of carbonyl (C=O) groups excluding carboxylic acids is 2. The molecule has 3 rings (SSSR count). The first-order chi connectivity index (χ1) is 14.1. The Morgan fingerprint density at radius 3 is 2.24 bits per heavy atom. The average molecular weight is 432 g/mol. The first-order valence-electron chi connectivity index (χ1n) is 9.88. The Morgan fingerprint density at radius 2 is 1.59 bits per heavy atom. The third kappa shape index (κ3) is 7.29. The Hall–Kier alpha value is -2.18. The summed E-state index contributed by atoms with van der Waals surface area (Å²) < 4.78 is 0. The summed E-state index contributed by atoms with van der Waals surface area (Å²) in [7, 11) is 0. The molecule has 0 aromatic heterocycles. The average Bonchev–Trinajstić information content (AvgIpc) is 2.99. The molecular weight excluding hydrogens is 406 g/mol. The zero-order valence-corrected chi connectivity index (χ0v) is 17.9. The number of hydrogen-bond donors (Lipinski definition) is 2. The van der Waals surface area contributed by atoms with Crippen molar-refractivity contribution in [2.45, 2.75) is 31.4 Å². The van der Waals surface area contributed by atoms with Gasteiger partial charge in [-0.2, -0.15) is 0 Å². The molecule has 29 heavy (non-hydrogen) atoms. The van der Waals surface area contributed by atoms with Crippen molar-refractivity contribution in [1.82, 2.24) is 4.90 Å². The van der Waals surface area contributed by atoms with Crippen molar-refractivity contribution >= 4 is 46.7 Å². The Labute approximate surface area is 181 Å². The number of carbonyl (C=O) groups is 2. The van der Waals surface area contributed by atoms with Crippen LogP contribution in [0, 0.1) is 0 Å². The largest absolute Gasteiger partial charge is 0.325 e. The van der Waals surface area contributed by atoms with Gasteiger partial charge in [0.25, 0.3) is 0 Å². The first kappa shape index (κ1) is 21.5. The number of rotatable bonds is 6. The van der Waals surface area contributed by atoms with Crippen LogP contribution in [0.15, 0.2) is 48.5 Å². The van der Waals surface area contributed by atoms with Crippen molar-refractivity contribution in [3.05, 3.63) is 59.1 Å². The molecule has 7 heteroatoms. The van der Waals surface area contributed by atoms with Gasteiger partial charge in [0.05, 0.1) is 5.75 Å². The molecule has 0 radical (unpaired) electrons. The van der Waals surface area contributed by atoms with Crippen LogP contribution in [-0.2, 0) is 10.5 Å². The van der Waals surface area contributed by atoms with Gasteiger partial charge in [-0.3, -0.25) is 4.79 Å². The van der Waals surface area contributed by atoms with Crippen LogP contribution in [0.2, 0.25) is 5.02 Å². The van der Waals surface area contributed by atoms with Gasteiger partial charge in [-0.1, -0.05) is 36.6 Å². The van der Waals surface area contributed by atoms with Gasteiger partial charge in [0.1, 0.15) is 0 Å². The highest BCUT2D eigenvalue weighted by Gasteiger charge is 2.15. The Bertz CT molecular complexity index is 821. The van der Waals surface area contributed by atoms with Gasteiger partial charge in [-0.25, -0.2) is 4.79 Å². The molecule has 5 nitrogen and oxygen atoms in total. The fraction of sp³-hybridized carbons (Fsp3) is 0.364. The molecule has 0 unspecified atom stereocenters. The second-order valence-corrected chi connectivity index (χ2v) is 8.50. The SMILES string of the molecule is O=C(CSCc1cccc(Cl)c1)Nc1ccc(NC(=O)N2CCCCCC2)cc1. The zero-order valence-electron chi connectivity index (χ0n) is 16.3. The van der Waals surface area contributed by atoms with E-state index < -0.39 is 0 Å². The van der Waals surface area contributed by atoms with E-state index in [9.17, 15) is 9.59 Å². The highest BCUT2D eigenvalue weighted by molar-refractivity contribution is 7.99. The summed E-state index contributed by atoms with van der Waals surface area (Å²) in [5.41, 5.74) is 2.54. The summed E-state index contributed by atoms with van der Waals surface area (Å²) in [4.78, 5) is 26.4. The Balaban J connectivity index is 1.42. The van der Waals surface area contributed by atoms with Crippen molar-refractivity contribution in [2.24, 2.45) is 0 Å². The van der Waals surface area contributed by atoms with Crippen molar-refractivity contribution in [2.75, 3.05) is 29.5 Å². The van der Waals surface area contributed by atoms with Crippen LogP contribution in [0.3, 0.4) is 0 Å². The van der Waals surface area contributed by atoms with Gasteiger partial charge in [0.15, 0.2) is 0 Å². The van der Waals surface area contributed by atoms with Crippen molar-refractivity contribution in [3.8, 4) is 0 Å². The van der Waals surface area contributed by atoms with E-state index in [1.54, 1.807) is 12.1 Å². The highest BCUT2D eigenvalue weighted by Crippen LogP contribution is 2.18. The maximum Gasteiger partial charge on any atom is 0.321 e. The summed E-state index contributed by atoms with van der Waals surface area (Å²) in [5, 5.41) is 6.52. The maximum atomic E-state index is 12.4. The lowest BCUT2D eigenvalue weighted by Crippen LogP contribution is -2.35. The normalized spacial score (nSPS) is 14.2. The Morgan fingerprint density at radius 1 is 0.931 bits per heavy atom. The van der Waals surface area contributed by atoms with E-state index >= 15 is 0 Å². The molecule has 0 saturated carbocycles. The number of anilines is 2. The molecule has 0 spiro atoms. The zero-order chi connectivity index (χ0) is 20.5. The number of thioether (sulfide) groups is 1. The molecule has 0 aliphatic carbocycles. The fourth-order valence-corrected chi connectivity index (χ4v) is 4.19. The number of halogens is 1. The van der Waals surface area contributed by atoms with Crippen LogP contribution < -0.4 is 10.6 Å². The molecule has 1 heterocycles. The minimum Gasteiger partial charge on any atom is -0.325 e. The molecule has 2 N–H and O–H groups in total. The summed E-state index contributed by atoms with van der Waals surface area (Å²) in [6.45, 7) is 1.62. The minimum atomic E-state index is -0.0571. The van der Waals surface area contributed by atoms with Crippen LogP contribution in [-0.4, -0.2) is 35.7 Å². The van der Waals surface area contributed by atoms with Gasteiger partial charge >= 0.3 is 6.03 Å². The molecule has 1 aliphatic rings. The van der Waals surface area contributed by atoms with E-state index in [4.69, 9.17) is 11.6 Å². The second kappa shape index (κ2) is 11.1. The van der Waals surface area contributed by atoms with Gasteiger partial charge in [-0.05, 0) is 54.8 Å². The summed E-state index contributed by atoms with van der Waals surface area (Å²) in [5.74, 6) is 1.04. The lowest BCUT2D eigenvalue weighted by molar-refractivity contribution is -0.113. The molecular formula is C22H26ClN3O2S. The van der Waals surface area contributed by atoms with Gasteiger partial charge in [0, 0.05) is 35.2 Å².